The predicted molar refractivity (Wildman–Crippen MR) is 114 cm³/mol. The monoisotopic (exact) mass is 464 g/mol. The Labute approximate surface area is 178 Å². The van der Waals surface area contributed by atoms with Gasteiger partial charge in [-0.1, -0.05) is 17.7 Å². The molecule has 0 spiro atoms. The van der Waals surface area contributed by atoms with E-state index in [1.165, 1.54) is 42.7 Å². The number of aromatic nitrogens is 1. The minimum Gasteiger partial charge on any atom is -0.324 e. The molecule has 1 N–H and O–H groups in total. The molecule has 3 aromatic rings. The van der Waals surface area contributed by atoms with Crippen molar-refractivity contribution in [1.29, 1.82) is 0 Å². The van der Waals surface area contributed by atoms with Crippen molar-refractivity contribution in [3.8, 4) is 0 Å². The molecule has 2 heterocycles. The molecule has 0 saturated carbocycles. The highest BCUT2D eigenvalue weighted by Crippen LogP contribution is 2.36. The average Bonchev–Trinajstić information content (AvgIpc) is 2.66. The van der Waals surface area contributed by atoms with E-state index in [1.807, 2.05) is 0 Å². The van der Waals surface area contributed by atoms with E-state index >= 15 is 0 Å². The van der Waals surface area contributed by atoms with Crippen molar-refractivity contribution in [2.75, 3.05) is 17.3 Å². The van der Waals surface area contributed by atoms with Gasteiger partial charge in [0.2, 0.25) is 5.91 Å². The molecule has 1 unspecified atom stereocenters. The second kappa shape index (κ2) is 7.33. The van der Waals surface area contributed by atoms with Gasteiger partial charge in [-0.05, 0) is 42.3 Å². The van der Waals surface area contributed by atoms with Crippen LogP contribution in [0.4, 0.5) is 5.69 Å². The minimum atomic E-state index is -3.46. The number of sulfone groups is 2. The standard InChI is InChI=1S/C20H17ClN2O5S2/c1-29(25,26)14-3-4-15-12(8-14)10-22-11-18(15)23-20(24)16-6-7-30(27,28)19-5-2-13(21)9-17(16)19/h2-5,8-11,16H,6-7H2,1H3,(H,23,24). The third-order valence-electron chi connectivity index (χ3n) is 5.09. The molecule has 1 aromatic heterocycles. The van der Waals surface area contributed by atoms with Gasteiger partial charge in [0, 0.05) is 28.2 Å². The van der Waals surface area contributed by atoms with Crippen LogP contribution in [0.2, 0.25) is 5.02 Å². The average molecular weight is 465 g/mol. The first-order valence-electron chi connectivity index (χ1n) is 8.97. The summed E-state index contributed by atoms with van der Waals surface area (Å²) in [4.78, 5) is 17.4. The van der Waals surface area contributed by atoms with E-state index in [1.54, 1.807) is 6.07 Å². The largest absolute Gasteiger partial charge is 0.324 e. The highest BCUT2D eigenvalue weighted by Gasteiger charge is 2.34. The van der Waals surface area contributed by atoms with Gasteiger partial charge in [-0.2, -0.15) is 0 Å². The Hall–Kier alpha value is -2.49. The molecule has 1 aliphatic rings. The van der Waals surface area contributed by atoms with E-state index in [-0.39, 0.29) is 27.9 Å². The number of pyridine rings is 1. The summed E-state index contributed by atoms with van der Waals surface area (Å²) in [5, 5.41) is 4.35. The van der Waals surface area contributed by atoms with Crippen LogP contribution in [0.3, 0.4) is 0 Å². The SMILES string of the molecule is CS(=O)(=O)c1ccc2c(NC(=O)C3CCS(=O)(=O)c4ccc(Cl)cc43)cncc2c1. The van der Waals surface area contributed by atoms with Gasteiger partial charge in [0.15, 0.2) is 19.7 Å². The van der Waals surface area contributed by atoms with Crippen LogP contribution < -0.4 is 5.32 Å². The zero-order valence-electron chi connectivity index (χ0n) is 15.8. The van der Waals surface area contributed by atoms with Crippen molar-refractivity contribution in [2.45, 2.75) is 22.1 Å². The molecule has 0 saturated heterocycles. The van der Waals surface area contributed by atoms with E-state index in [2.05, 4.69) is 10.3 Å². The molecule has 30 heavy (non-hydrogen) atoms. The molecule has 156 valence electrons. The maximum Gasteiger partial charge on any atom is 0.232 e. The minimum absolute atomic E-state index is 0.118. The highest BCUT2D eigenvalue weighted by atomic mass is 35.5. The molecule has 1 amide bonds. The van der Waals surface area contributed by atoms with E-state index in [0.717, 1.165) is 6.26 Å². The fraction of sp³-hybridized carbons (Fsp3) is 0.200. The number of amides is 1. The number of nitrogens with one attached hydrogen (secondary N) is 1. The second-order valence-electron chi connectivity index (χ2n) is 7.17. The first-order valence-corrected chi connectivity index (χ1v) is 12.9. The first-order chi connectivity index (χ1) is 14.1. The lowest BCUT2D eigenvalue weighted by Gasteiger charge is -2.25. The molecule has 1 atom stereocenters. The number of halogens is 1. The maximum absolute atomic E-state index is 13.0. The number of nitrogens with zero attached hydrogens (tertiary/aromatic N) is 1. The first kappa shape index (κ1) is 20.8. The summed E-state index contributed by atoms with van der Waals surface area (Å²) in [6, 6.07) is 9.01. The predicted octanol–water partition coefficient (Wildman–Crippen LogP) is 3.19. The van der Waals surface area contributed by atoms with Gasteiger partial charge in [-0.25, -0.2) is 16.8 Å². The van der Waals surface area contributed by atoms with Gasteiger partial charge < -0.3 is 5.32 Å². The van der Waals surface area contributed by atoms with Crippen molar-refractivity contribution < 1.29 is 21.6 Å². The van der Waals surface area contributed by atoms with Gasteiger partial charge in [0.05, 0.1) is 33.3 Å². The number of carbonyl (C=O) groups excluding carboxylic acids is 1. The van der Waals surface area contributed by atoms with E-state index in [4.69, 9.17) is 11.6 Å². The molecule has 2 aromatic carbocycles. The Morgan fingerprint density at radius 1 is 1.17 bits per heavy atom. The van der Waals surface area contributed by atoms with Crippen molar-refractivity contribution in [3.63, 3.8) is 0 Å². The number of hydrogen-bond donors (Lipinski definition) is 1. The van der Waals surface area contributed by atoms with Crippen molar-refractivity contribution in [1.82, 2.24) is 4.98 Å². The van der Waals surface area contributed by atoms with Crippen LogP contribution in [0.1, 0.15) is 17.9 Å². The smallest absolute Gasteiger partial charge is 0.232 e. The fourth-order valence-electron chi connectivity index (χ4n) is 3.59. The van der Waals surface area contributed by atoms with Gasteiger partial charge in [0.1, 0.15) is 0 Å². The quantitative estimate of drug-likeness (QED) is 0.637. The van der Waals surface area contributed by atoms with Crippen molar-refractivity contribution in [3.05, 3.63) is 59.4 Å². The maximum atomic E-state index is 13.0. The number of benzene rings is 2. The van der Waals surface area contributed by atoms with Gasteiger partial charge in [-0.15, -0.1) is 0 Å². The summed E-state index contributed by atoms with van der Waals surface area (Å²) < 4.78 is 48.3. The number of anilines is 1. The Morgan fingerprint density at radius 3 is 2.67 bits per heavy atom. The second-order valence-corrected chi connectivity index (χ2v) is 11.7. The Kier molecular flexibility index (Phi) is 5.08. The van der Waals surface area contributed by atoms with Crippen LogP contribution in [-0.2, 0) is 24.5 Å². The summed E-state index contributed by atoms with van der Waals surface area (Å²) in [6.45, 7) is 0. The topological polar surface area (TPSA) is 110 Å². The van der Waals surface area contributed by atoms with Crippen LogP contribution in [-0.4, -0.2) is 39.7 Å². The third-order valence-corrected chi connectivity index (χ3v) is 8.25. The van der Waals surface area contributed by atoms with Crippen LogP contribution >= 0.6 is 11.6 Å². The molecular weight excluding hydrogens is 448 g/mol. The molecule has 0 aliphatic carbocycles. The molecule has 7 nitrogen and oxygen atoms in total. The van der Waals surface area contributed by atoms with Gasteiger partial charge >= 0.3 is 0 Å². The lowest BCUT2D eigenvalue weighted by atomic mass is 9.94. The molecule has 0 radical (unpaired) electrons. The molecule has 10 heteroatoms. The zero-order valence-corrected chi connectivity index (χ0v) is 18.2. The summed E-state index contributed by atoms with van der Waals surface area (Å²) >= 11 is 6.04. The Morgan fingerprint density at radius 2 is 1.93 bits per heavy atom. The molecule has 4 rings (SSSR count). The zero-order chi connectivity index (χ0) is 21.7. The number of fused-ring (bicyclic) bond motifs is 2. The number of hydrogen-bond acceptors (Lipinski definition) is 6. The van der Waals surface area contributed by atoms with E-state index < -0.39 is 25.6 Å². The highest BCUT2D eigenvalue weighted by molar-refractivity contribution is 7.91. The Bertz CT molecular complexity index is 1400. The molecule has 0 bridgehead atoms. The molecular formula is C20H17ClN2O5S2. The number of carbonyl (C=O) groups is 1. The summed E-state index contributed by atoms with van der Waals surface area (Å²) in [5.74, 6) is -1.20. The fourth-order valence-corrected chi connectivity index (χ4v) is 6.03. The Balaban J connectivity index is 1.71. The van der Waals surface area contributed by atoms with Crippen LogP contribution in [0.15, 0.2) is 58.6 Å². The van der Waals surface area contributed by atoms with E-state index in [0.29, 0.717) is 27.0 Å². The van der Waals surface area contributed by atoms with Crippen LogP contribution in [0.25, 0.3) is 10.8 Å². The van der Waals surface area contributed by atoms with Crippen LogP contribution in [0.5, 0.6) is 0 Å². The van der Waals surface area contributed by atoms with Crippen LogP contribution in [0, 0.1) is 0 Å². The van der Waals surface area contributed by atoms with Crippen molar-refractivity contribution >= 4 is 53.6 Å². The third kappa shape index (κ3) is 3.80. The lowest BCUT2D eigenvalue weighted by molar-refractivity contribution is -0.117. The van der Waals surface area contributed by atoms with Crippen molar-refractivity contribution in [2.24, 2.45) is 0 Å². The van der Waals surface area contributed by atoms with Gasteiger partial charge in [-0.3, -0.25) is 9.78 Å². The normalized spacial score (nSPS) is 18.0. The van der Waals surface area contributed by atoms with E-state index in [9.17, 15) is 21.6 Å². The van der Waals surface area contributed by atoms with Gasteiger partial charge in [0.25, 0.3) is 0 Å². The summed E-state index contributed by atoms with van der Waals surface area (Å²) in [7, 11) is -6.84. The lowest BCUT2D eigenvalue weighted by Crippen LogP contribution is -2.29. The molecule has 0 fully saturated rings. The number of rotatable bonds is 3. The summed E-state index contributed by atoms with van der Waals surface area (Å²) in [6.07, 6.45) is 4.24. The molecule has 1 aliphatic heterocycles. The summed E-state index contributed by atoms with van der Waals surface area (Å²) in [5.41, 5.74) is 0.786.